The van der Waals surface area contributed by atoms with E-state index in [4.69, 9.17) is 0 Å². The van der Waals surface area contributed by atoms with Crippen LogP contribution in [0, 0.1) is 0 Å². The van der Waals surface area contributed by atoms with Gasteiger partial charge in [0.1, 0.15) is 0 Å². The molecule has 0 saturated heterocycles. The van der Waals surface area contributed by atoms with Crippen molar-refractivity contribution in [1.82, 2.24) is 19.5 Å². The highest BCUT2D eigenvalue weighted by atomic mass is 16.2. The van der Waals surface area contributed by atoms with Gasteiger partial charge in [-0.15, -0.1) is 0 Å². The Morgan fingerprint density at radius 1 is 1.21 bits per heavy atom. The number of fused-ring (bicyclic) bond motifs is 1. The highest BCUT2D eigenvalue weighted by Crippen LogP contribution is 2.08. The fourth-order valence-corrected chi connectivity index (χ4v) is 1.95. The molecule has 0 radical (unpaired) electrons. The molecule has 104 valence electrons. The van der Waals surface area contributed by atoms with Crippen molar-refractivity contribution >= 4 is 17.1 Å². The number of unbranched alkanes of at least 4 members (excludes halogenated alkanes) is 3. The van der Waals surface area contributed by atoms with Crippen LogP contribution in [0.5, 0.6) is 0 Å². The van der Waals surface area contributed by atoms with Crippen LogP contribution in [0.3, 0.4) is 0 Å². The second kappa shape index (κ2) is 5.73. The molecule has 7 nitrogen and oxygen atoms in total. The smallest absolute Gasteiger partial charge is 0.329 e. The maximum atomic E-state index is 11.6. The molecule has 0 bridgehead atoms. The largest absolute Gasteiger partial charge is 0.356 e. The van der Waals surface area contributed by atoms with Gasteiger partial charge in [0.05, 0.1) is 0 Å². The molecule has 0 aliphatic carbocycles. The maximum absolute atomic E-state index is 11.6. The molecule has 19 heavy (non-hydrogen) atoms. The average Bonchev–Trinajstić information content (AvgIpc) is 2.81. The zero-order valence-electron chi connectivity index (χ0n) is 11.2. The molecule has 0 aromatic carbocycles. The van der Waals surface area contributed by atoms with Crippen LogP contribution in [0.1, 0.15) is 32.6 Å². The van der Waals surface area contributed by atoms with Crippen LogP contribution in [-0.4, -0.2) is 26.1 Å². The van der Waals surface area contributed by atoms with Crippen LogP contribution in [0.25, 0.3) is 11.2 Å². The number of hydrogen-bond donors (Lipinski definition) is 3. The fourth-order valence-electron chi connectivity index (χ4n) is 1.95. The van der Waals surface area contributed by atoms with Crippen molar-refractivity contribution in [3.8, 4) is 0 Å². The van der Waals surface area contributed by atoms with Crippen molar-refractivity contribution in [2.45, 2.75) is 32.6 Å². The van der Waals surface area contributed by atoms with E-state index in [2.05, 4.69) is 27.2 Å². The van der Waals surface area contributed by atoms with E-state index in [-0.39, 0.29) is 0 Å². The predicted molar refractivity (Wildman–Crippen MR) is 74.6 cm³/mol. The number of nitrogens with zero attached hydrogens (tertiary/aromatic N) is 2. The van der Waals surface area contributed by atoms with Crippen molar-refractivity contribution in [2.24, 2.45) is 7.05 Å². The summed E-state index contributed by atoms with van der Waals surface area (Å²) < 4.78 is 1.31. The van der Waals surface area contributed by atoms with Gasteiger partial charge in [0, 0.05) is 13.6 Å². The van der Waals surface area contributed by atoms with Crippen LogP contribution in [0.2, 0.25) is 0 Å². The van der Waals surface area contributed by atoms with E-state index in [1.807, 2.05) is 0 Å². The molecule has 0 fully saturated rings. The number of H-pyrrole nitrogens is 2. The first-order chi connectivity index (χ1) is 9.13. The molecule has 0 aliphatic rings. The third-order valence-corrected chi connectivity index (χ3v) is 3.08. The monoisotopic (exact) mass is 265 g/mol. The van der Waals surface area contributed by atoms with E-state index < -0.39 is 11.2 Å². The molecule has 0 saturated carbocycles. The number of aromatic nitrogens is 4. The van der Waals surface area contributed by atoms with Crippen LogP contribution in [0.15, 0.2) is 9.59 Å². The second-order valence-electron chi connectivity index (χ2n) is 4.59. The Hall–Kier alpha value is -2.05. The predicted octanol–water partition coefficient (Wildman–Crippen LogP) is 0.942. The lowest BCUT2D eigenvalue weighted by molar-refractivity contribution is 0.684. The average molecular weight is 265 g/mol. The summed E-state index contributed by atoms with van der Waals surface area (Å²) in [4.78, 5) is 32.4. The van der Waals surface area contributed by atoms with Crippen LogP contribution in [0.4, 0.5) is 5.95 Å². The SMILES string of the molecule is CCCCCCNc1nc2c([nH]1)c(=O)[nH]c(=O)n2C. The summed E-state index contributed by atoms with van der Waals surface area (Å²) in [6.07, 6.45) is 4.64. The molecule has 0 atom stereocenters. The van der Waals surface area contributed by atoms with Crippen LogP contribution >= 0.6 is 0 Å². The van der Waals surface area contributed by atoms with Gasteiger partial charge >= 0.3 is 5.69 Å². The van der Waals surface area contributed by atoms with Gasteiger partial charge in [-0.3, -0.25) is 14.3 Å². The van der Waals surface area contributed by atoms with E-state index in [1.165, 1.54) is 23.8 Å². The van der Waals surface area contributed by atoms with Crippen molar-refractivity contribution in [2.75, 3.05) is 11.9 Å². The Bertz CT molecular complexity index is 667. The standard InChI is InChI=1S/C12H19N5O2/c1-3-4-5-6-7-13-11-14-8-9(15-11)17(2)12(19)16-10(8)18/h3-7H2,1-2H3,(H2,13,14,15)(H,16,18,19). The first-order valence-corrected chi connectivity index (χ1v) is 6.56. The summed E-state index contributed by atoms with van der Waals surface area (Å²) in [5.41, 5.74) is -0.217. The lowest BCUT2D eigenvalue weighted by Crippen LogP contribution is -2.28. The minimum absolute atomic E-state index is 0.318. The van der Waals surface area contributed by atoms with Gasteiger partial charge in [0.2, 0.25) is 5.95 Å². The Labute approximate surface area is 110 Å². The first-order valence-electron chi connectivity index (χ1n) is 6.56. The van der Waals surface area contributed by atoms with Crippen LogP contribution in [-0.2, 0) is 7.05 Å². The van der Waals surface area contributed by atoms with Crippen molar-refractivity contribution in [3.63, 3.8) is 0 Å². The Kier molecular flexibility index (Phi) is 4.03. The molecule has 0 spiro atoms. The van der Waals surface area contributed by atoms with Gasteiger partial charge in [-0.2, -0.15) is 4.98 Å². The fraction of sp³-hybridized carbons (Fsp3) is 0.583. The zero-order valence-corrected chi connectivity index (χ0v) is 11.2. The van der Waals surface area contributed by atoms with E-state index in [0.29, 0.717) is 17.1 Å². The Balaban J connectivity index is 2.14. The summed E-state index contributed by atoms with van der Waals surface area (Å²) in [6, 6.07) is 0. The summed E-state index contributed by atoms with van der Waals surface area (Å²) >= 11 is 0. The number of rotatable bonds is 6. The summed E-state index contributed by atoms with van der Waals surface area (Å²) in [5, 5.41) is 3.13. The van der Waals surface area contributed by atoms with Crippen LogP contribution < -0.4 is 16.6 Å². The van der Waals surface area contributed by atoms with E-state index in [9.17, 15) is 9.59 Å². The molecule has 2 heterocycles. The van der Waals surface area contributed by atoms with E-state index in [1.54, 1.807) is 7.05 Å². The van der Waals surface area contributed by atoms with Crippen molar-refractivity contribution < 1.29 is 0 Å². The minimum Gasteiger partial charge on any atom is -0.356 e. The van der Waals surface area contributed by atoms with Gasteiger partial charge < -0.3 is 10.3 Å². The lowest BCUT2D eigenvalue weighted by atomic mass is 10.2. The summed E-state index contributed by atoms with van der Waals surface area (Å²) in [7, 11) is 1.58. The number of aryl methyl sites for hydroxylation is 1. The Morgan fingerprint density at radius 3 is 2.74 bits per heavy atom. The van der Waals surface area contributed by atoms with Crippen molar-refractivity contribution in [3.05, 3.63) is 20.8 Å². The number of anilines is 1. The molecule has 0 aliphatic heterocycles. The van der Waals surface area contributed by atoms with Gasteiger partial charge in [-0.25, -0.2) is 4.79 Å². The van der Waals surface area contributed by atoms with Crippen molar-refractivity contribution in [1.29, 1.82) is 0 Å². The second-order valence-corrected chi connectivity index (χ2v) is 4.59. The summed E-state index contributed by atoms with van der Waals surface area (Å²) in [5.74, 6) is 0.526. The topological polar surface area (TPSA) is 95.6 Å². The van der Waals surface area contributed by atoms with Gasteiger partial charge in [0.25, 0.3) is 5.56 Å². The quantitative estimate of drug-likeness (QED) is 0.677. The zero-order chi connectivity index (χ0) is 13.8. The third kappa shape index (κ3) is 2.86. The molecule has 0 amide bonds. The summed E-state index contributed by atoms with van der Waals surface area (Å²) in [6.45, 7) is 2.96. The molecular weight excluding hydrogens is 246 g/mol. The molecule has 2 rings (SSSR count). The van der Waals surface area contributed by atoms with E-state index >= 15 is 0 Å². The number of imidazole rings is 1. The molecule has 3 N–H and O–H groups in total. The van der Waals surface area contributed by atoms with Gasteiger partial charge in [0.15, 0.2) is 11.2 Å². The lowest BCUT2D eigenvalue weighted by Gasteiger charge is -2.01. The van der Waals surface area contributed by atoms with Gasteiger partial charge in [-0.05, 0) is 6.42 Å². The Morgan fingerprint density at radius 2 is 2.00 bits per heavy atom. The first kappa shape index (κ1) is 13.4. The van der Waals surface area contributed by atoms with Gasteiger partial charge in [-0.1, -0.05) is 26.2 Å². The minimum atomic E-state index is -0.460. The van der Waals surface area contributed by atoms with E-state index in [0.717, 1.165) is 13.0 Å². The highest BCUT2D eigenvalue weighted by Gasteiger charge is 2.09. The molecular formula is C12H19N5O2. The number of hydrogen-bond acceptors (Lipinski definition) is 4. The number of aromatic amines is 2. The molecule has 2 aromatic rings. The number of nitrogens with one attached hydrogen (secondary N) is 3. The highest BCUT2D eigenvalue weighted by molar-refractivity contribution is 5.72. The molecule has 2 aromatic heterocycles. The molecule has 7 heteroatoms. The molecule has 0 unspecified atom stereocenters. The normalized spacial score (nSPS) is 11.1. The maximum Gasteiger partial charge on any atom is 0.329 e. The third-order valence-electron chi connectivity index (χ3n) is 3.08.